The van der Waals surface area contributed by atoms with E-state index >= 15 is 0 Å². The Morgan fingerprint density at radius 2 is 1.37 bits per heavy atom. The van der Waals surface area contributed by atoms with Crippen LogP contribution in [0.25, 0.3) is 0 Å². The minimum absolute atomic E-state index is 0.342. The highest BCUT2D eigenvalue weighted by atomic mass is 17.2. The first-order chi connectivity index (χ1) is 9.27. The molecule has 19 heavy (non-hydrogen) atoms. The predicted molar refractivity (Wildman–Crippen MR) is 76.0 cm³/mol. The molecule has 4 nitrogen and oxygen atoms in total. The van der Waals surface area contributed by atoms with E-state index in [-0.39, 0.29) is 0 Å². The van der Waals surface area contributed by atoms with Crippen molar-refractivity contribution in [3.63, 3.8) is 0 Å². The van der Waals surface area contributed by atoms with Gasteiger partial charge in [-0.1, -0.05) is 51.9 Å². The molecule has 0 aromatic rings. The maximum absolute atomic E-state index is 10.2. The fraction of sp³-hybridized carbons (Fsp3) is 0.933. The molecule has 1 rings (SSSR count). The average Bonchev–Trinajstić information content (AvgIpc) is 2.44. The fourth-order valence-electron chi connectivity index (χ4n) is 1.85. The van der Waals surface area contributed by atoms with E-state index in [1.165, 1.54) is 38.5 Å². The second-order valence-electron chi connectivity index (χ2n) is 4.97. The Morgan fingerprint density at radius 1 is 0.895 bits per heavy atom. The van der Waals surface area contributed by atoms with Crippen molar-refractivity contribution in [1.82, 2.24) is 0 Å². The molecule has 0 spiro atoms. The Hall–Kier alpha value is -0.610. The quantitative estimate of drug-likeness (QED) is 0.502. The van der Waals surface area contributed by atoms with Crippen LogP contribution in [0.15, 0.2) is 0 Å². The van der Waals surface area contributed by atoms with Crippen molar-refractivity contribution >= 4 is 5.97 Å². The monoisotopic (exact) mass is 274 g/mol. The zero-order chi connectivity index (χ0) is 14.2. The lowest BCUT2D eigenvalue weighted by atomic mass is 10.1. The molecule has 114 valence electrons. The summed E-state index contributed by atoms with van der Waals surface area (Å²) in [6.45, 7) is 3.77. The van der Waals surface area contributed by atoms with Gasteiger partial charge in [-0.3, -0.25) is 4.79 Å². The van der Waals surface area contributed by atoms with Gasteiger partial charge >= 0.3 is 5.97 Å². The maximum atomic E-state index is 10.2. The van der Waals surface area contributed by atoms with Gasteiger partial charge in [0, 0.05) is 6.42 Å². The lowest BCUT2D eigenvalue weighted by molar-refractivity contribution is -0.312. The van der Waals surface area contributed by atoms with Crippen LogP contribution in [-0.4, -0.2) is 24.3 Å². The lowest BCUT2D eigenvalue weighted by Gasteiger charge is -2.07. The van der Waals surface area contributed by atoms with Crippen LogP contribution in [0.5, 0.6) is 0 Å². The molecular formula is C15H30O4. The molecule has 0 radical (unpaired) electrons. The molecule has 1 N–H and O–H groups in total. The minimum Gasteiger partial charge on any atom is -0.481 e. The van der Waals surface area contributed by atoms with Gasteiger partial charge in [-0.25, -0.2) is 9.78 Å². The maximum Gasteiger partial charge on any atom is 0.303 e. The van der Waals surface area contributed by atoms with E-state index in [1.54, 1.807) is 0 Å². The van der Waals surface area contributed by atoms with Gasteiger partial charge < -0.3 is 5.11 Å². The topological polar surface area (TPSA) is 55.8 Å². The van der Waals surface area contributed by atoms with Gasteiger partial charge in [-0.15, -0.1) is 0 Å². The first kappa shape index (κ1) is 18.4. The van der Waals surface area contributed by atoms with Crippen molar-refractivity contribution in [2.24, 2.45) is 0 Å². The molecule has 0 amide bonds. The Balaban J connectivity index is 0.000000443. The summed E-state index contributed by atoms with van der Waals surface area (Å²) in [4.78, 5) is 19.3. The third-order valence-electron chi connectivity index (χ3n) is 3.03. The van der Waals surface area contributed by atoms with Crippen LogP contribution in [0.3, 0.4) is 0 Å². The van der Waals surface area contributed by atoms with E-state index < -0.39 is 5.97 Å². The summed E-state index contributed by atoms with van der Waals surface area (Å²) in [7, 11) is 0. The first-order valence-corrected chi connectivity index (χ1v) is 7.73. The number of hydrogen-bond acceptors (Lipinski definition) is 3. The van der Waals surface area contributed by atoms with E-state index in [9.17, 15) is 4.79 Å². The van der Waals surface area contributed by atoms with E-state index in [2.05, 4.69) is 16.7 Å². The third kappa shape index (κ3) is 17.4. The second kappa shape index (κ2) is 15.4. The molecule has 1 aliphatic rings. The zero-order valence-corrected chi connectivity index (χ0v) is 12.4. The molecule has 0 unspecified atom stereocenters. The number of carbonyl (C=O) groups is 1. The molecule has 0 saturated carbocycles. The number of carboxylic acids is 1. The molecule has 4 heteroatoms. The standard InChI is InChI=1S/C11H22O2.C4H8O2/c1-2-3-4-5-6-7-8-9-10-11(12)13;1-2-4-6-5-3-1/h2-10H2,1H3,(H,12,13);1-4H2. The molecule has 1 fully saturated rings. The van der Waals surface area contributed by atoms with E-state index in [4.69, 9.17) is 5.11 Å². The summed E-state index contributed by atoms with van der Waals surface area (Å²) in [5.74, 6) is -0.661. The normalized spacial score (nSPS) is 14.6. The second-order valence-corrected chi connectivity index (χ2v) is 4.97. The number of carboxylic acid groups (broad SMARTS) is 1. The van der Waals surface area contributed by atoms with Crippen molar-refractivity contribution < 1.29 is 19.7 Å². The number of aliphatic carboxylic acids is 1. The molecule has 1 aliphatic heterocycles. The molecule has 0 bridgehead atoms. The van der Waals surface area contributed by atoms with E-state index in [1.807, 2.05) is 0 Å². The van der Waals surface area contributed by atoms with Gasteiger partial charge in [-0.05, 0) is 19.3 Å². The van der Waals surface area contributed by atoms with Crippen LogP contribution in [0.2, 0.25) is 0 Å². The highest BCUT2D eigenvalue weighted by Gasteiger charge is 1.96. The summed E-state index contributed by atoms with van der Waals surface area (Å²) in [5, 5.41) is 8.39. The van der Waals surface area contributed by atoms with Crippen LogP contribution in [0, 0.1) is 0 Å². The Labute approximate surface area is 117 Å². The third-order valence-corrected chi connectivity index (χ3v) is 3.03. The Bertz CT molecular complexity index is 179. The summed E-state index contributed by atoms with van der Waals surface area (Å²) < 4.78 is 0. The predicted octanol–water partition coefficient (Wildman–Crippen LogP) is 4.33. The lowest BCUT2D eigenvalue weighted by Crippen LogP contribution is -2.05. The largest absolute Gasteiger partial charge is 0.481 e. The van der Waals surface area contributed by atoms with Crippen molar-refractivity contribution in [3.8, 4) is 0 Å². The van der Waals surface area contributed by atoms with Crippen molar-refractivity contribution in [2.75, 3.05) is 13.2 Å². The highest BCUT2D eigenvalue weighted by Crippen LogP contribution is 2.09. The highest BCUT2D eigenvalue weighted by molar-refractivity contribution is 5.66. The minimum atomic E-state index is -0.661. The number of hydrogen-bond donors (Lipinski definition) is 1. The van der Waals surface area contributed by atoms with Crippen LogP contribution in [0.4, 0.5) is 0 Å². The van der Waals surface area contributed by atoms with Gasteiger partial charge in [0.05, 0.1) is 13.2 Å². The molecule has 1 saturated heterocycles. The van der Waals surface area contributed by atoms with Gasteiger partial charge in [0.2, 0.25) is 0 Å². The molecular weight excluding hydrogens is 244 g/mol. The first-order valence-electron chi connectivity index (χ1n) is 7.73. The summed E-state index contributed by atoms with van der Waals surface area (Å²) in [6.07, 6.45) is 12.4. The molecule has 1 heterocycles. The SMILES string of the molecule is C1CCOOC1.CCCCCCCCCCC(=O)O. The molecule has 0 aromatic carbocycles. The zero-order valence-electron chi connectivity index (χ0n) is 12.4. The number of unbranched alkanes of at least 4 members (excludes halogenated alkanes) is 7. The van der Waals surface area contributed by atoms with Gasteiger partial charge in [0.25, 0.3) is 0 Å². The van der Waals surface area contributed by atoms with Crippen molar-refractivity contribution in [2.45, 2.75) is 77.6 Å². The summed E-state index contributed by atoms with van der Waals surface area (Å²) >= 11 is 0. The van der Waals surface area contributed by atoms with Gasteiger partial charge in [0.1, 0.15) is 0 Å². The van der Waals surface area contributed by atoms with E-state index in [0.717, 1.165) is 38.9 Å². The van der Waals surface area contributed by atoms with Gasteiger partial charge in [-0.2, -0.15) is 0 Å². The molecule has 0 aromatic heterocycles. The average molecular weight is 274 g/mol. The van der Waals surface area contributed by atoms with Crippen molar-refractivity contribution in [1.29, 1.82) is 0 Å². The molecule has 0 atom stereocenters. The van der Waals surface area contributed by atoms with Crippen LogP contribution >= 0.6 is 0 Å². The van der Waals surface area contributed by atoms with Crippen LogP contribution < -0.4 is 0 Å². The van der Waals surface area contributed by atoms with E-state index in [0.29, 0.717) is 6.42 Å². The van der Waals surface area contributed by atoms with Crippen molar-refractivity contribution in [3.05, 3.63) is 0 Å². The summed E-state index contributed by atoms with van der Waals surface area (Å²) in [5.41, 5.74) is 0. The van der Waals surface area contributed by atoms with Crippen LogP contribution in [0.1, 0.15) is 77.6 Å². The molecule has 0 aliphatic carbocycles. The number of rotatable bonds is 9. The van der Waals surface area contributed by atoms with Crippen LogP contribution in [-0.2, 0) is 14.6 Å². The Kier molecular flexibility index (Phi) is 15.0. The fourth-order valence-corrected chi connectivity index (χ4v) is 1.85. The summed E-state index contributed by atoms with van der Waals surface area (Å²) in [6, 6.07) is 0. The smallest absolute Gasteiger partial charge is 0.303 e. The Morgan fingerprint density at radius 3 is 1.74 bits per heavy atom. The van der Waals surface area contributed by atoms with Gasteiger partial charge in [0.15, 0.2) is 0 Å².